The highest BCUT2D eigenvalue weighted by Gasteiger charge is 2.34. The van der Waals surface area contributed by atoms with Crippen LogP contribution in [0.5, 0.6) is 0 Å². The van der Waals surface area contributed by atoms with Crippen LogP contribution in [0.1, 0.15) is 47.0 Å². The number of nitrogens with zero attached hydrogens (tertiary/aromatic N) is 1. The van der Waals surface area contributed by atoms with Crippen molar-refractivity contribution in [3.05, 3.63) is 0 Å². The van der Waals surface area contributed by atoms with E-state index in [0.717, 1.165) is 36.9 Å². The smallest absolute Gasteiger partial charge is 0.0217 e. The summed E-state index contributed by atoms with van der Waals surface area (Å²) in [6.45, 7) is 12.8. The van der Waals surface area contributed by atoms with Gasteiger partial charge < -0.3 is 10.2 Å². The first kappa shape index (κ1) is 15.0. The van der Waals surface area contributed by atoms with Crippen LogP contribution in [0.4, 0.5) is 0 Å². The number of hydrogen-bond acceptors (Lipinski definition) is 2. The summed E-state index contributed by atoms with van der Waals surface area (Å²) in [4.78, 5) is 2.59. The zero-order chi connectivity index (χ0) is 12.8. The monoisotopic (exact) mass is 240 g/mol. The standard InChI is InChI=1S/C15H32N2/c1-6-7-15(10-16-9-12(2)3)17(5)11-14-8-13(14)4/h12-16H,6-11H2,1-5H3. The second-order valence-corrected chi connectivity index (χ2v) is 6.41. The number of rotatable bonds is 9. The quantitative estimate of drug-likeness (QED) is 0.666. The van der Waals surface area contributed by atoms with Gasteiger partial charge in [0.2, 0.25) is 0 Å². The van der Waals surface area contributed by atoms with Gasteiger partial charge in [0.25, 0.3) is 0 Å². The molecular weight excluding hydrogens is 208 g/mol. The summed E-state index contributed by atoms with van der Waals surface area (Å²) in [5.41, 5.74) is 0. The molecule has 0 bridgehead atoms. The molecule has 1 aliphatic carbocycles. The minimum atomic E-state index is 0.728. The van der Waals surface area contributed by atoms with Crippen LogP contribution in [0.3, 0.4) is 0 Å². The summed E-state index contributed by atoms with van der Waals surface area (Å²) in [7, 11) is 2.31. The van der Waals surface area contributed by atoms with Gasteiger partial charge >= 0.3 is 0 Å². The summed E-state index contributed by atoms with van der Waals surface area (Å²) in [6, 6.07) is 0.728. The van der Waals surface area contributed by atoms with Crippen molar-refractivity contribution in [2.24, 2.45) is 17.8 Å². The van der Waals surface area contributed by atoms with Gasteiger partial charge in [-0.15, -0.1) is 0 Å². The normalized spacial score (nSPS) is 25.6. The van der Waals surface area contributed by atoms with Gasteiger partial charge in [0, 0.05) is 19.1 Å². The minimum absolute atomic E-state index is 0.728. The van der Waals surface area contributed by atoms with Crippen molar-refractivity contribution in [2.75, 3.05) is 26.7 Å². The van der Waals surface area contributed by atoms with E-state index in [-0.39, 0.29) is 0 Å². The molecule has 1 aliphatic rings. The molecule has 1 saturated carbocycles. The zero-order valence-corrected chi connectivity index (χ0v) is 12.5. The van der Waals surface area contributed by atoms with E-state index >= 15 is 0 Å². The van der Waals surface area contributed by atoms with Crippen LogP contribution in [0, 0.1) is 17.8 Å². The van der Waals surface area contributed by atoms with Crippen LogP contribution in [0.25, 0.3) is 0 Å². The van der Waals surface area contributed by atoms with Crippen molar-refractivity contribution >= 4 is 0 Å². The van der Waals surface area contributed by atoms with Crippen molar-refractivity contribution in [3.8, 4) is 0 Å². The Morgan fingerprint density at radius 1 is 1.29 bits per heavy atom. The second-order valence-electron chi connectivity index (χ2n) is 6.41. The van der Waals surface area contributed by atoms with Gasteiger partial charge in [-0.05, 0) is 44.2 Å². The van der Waals surface area contributed by atoms with E-state index in [0.29, 0.717) is 0 Å². The molecule has 0 heterocycles. The fourth-order valence-electron chi connectivity index (χ4n) is 2.52. The average Bonchev–Trinajstić information content (AvgIpc) is 2.92. The maximum absolute atomic E-state index is 3.61. The van der Waals surface area contributed by atoms with Gasteiger partial charge in [-0.3, -0.25) is 0 Å². The molecule has 1 rings (SSSR count). The van der Waals surface area contributed by atoms with E-state index in [1.54, 1.807) is 0 Å². The summed E-state index contributed by atoms with van der Waals surface area (Å²) < 4.78 is 0. The minimum Gasteiger partial charge on any atom is -0.315 e. The van der Waals surface area contributed by atoms with Crippen molar-refractivity contribution in [1.82, 2.24) is 10.2 Å². The van der Waals surface area contributed by atoms with Crippen LogP contribution in [0.15, 0.2) is 0 Å². The van der Waals surface area contributed by atoms with E-state index in [2.05, 4.69) is 45.0 Å². The molecule has 3 unspecified atom stereocenters. The van der Waals surface area contributed by atoms with Gasteiger partial charge in [-0.25, -0.2) is 0 Å². The SMILES string of the molecule is CCCC(CNCC(C)C)N(C)CC1CC1C. The summed E-state index contributed by atoms with van der Waals surface area (Å²) >= 11 is 0. The highest BCUT2D eigenvalue weighted by molar-refractivity contribution is 4.86. The van der Waals surface area contributed by atoms with E-state index < -0.39 is 0 Å². The molecule has 2 heteroatoms. The van der Waals surface area contributed by atoms with Gasteiger partial charge in [-0.1, -0.05) is 34.1 Å². The number of likely N-dealkylation sites (N-methyl/N-ethyl adjacent to an activating group) is 1. The first-order valence-corrected chi connectivity index (χ1v) is 7.45. The molecule has 0 radical (unpaired) electrons. The Labute approximate surface area is 108 Å². The third-order valence-corrected chi connectivity index (χ3v) is 3.98. The maximum atomic E-state index is 3.61. The van der Waals surface area contributed by atoms with E-state index in [1.807, 2.05) is 0 Å². The molecule has 1 N–H and O–H groups in total. The summed E-state index contributed by atoms with van der Waals surface area (Å²) in [6.07, 6.45) is 4.06. The Balaban J connectivity index is 2.24. The summed E-state index contributed by atoms with van der Waals surface area (Å²) in [5.74, 6) is 2.71. The average molecular weight is 240 g/mol. The van der Waals surface area contributed by atoms with Gasteiger partial charge in [0.15, 0.2) is 0 Å². The molecule has 0 aromatic carbocycles. The Kier molecular flexibility index (Phi) is 6.50. The predicted octanol–water partition coefficient (Wildman–Crippen LogP) is 2.99. The van der Waals surface area contributed by atoms with Gasteiger partial charge in [0.1, 0.15) is 0 Å². The fourth-order valence-corrected chi connectivity index (χ4v) is 2.52. The highest BCUT2D eigenvalue weighted by Crippen LogP contribution is 2.38. The molecule has 2 nitrogen and oxygen atoms in total. The van der Waals surface area contributed by atoms with Crippen molar-refractivity contribution in [1.29, 1.82) is 0 Å². The molecule has 3 atom stereocenters. The molecular formula is C15H32N2. The Morgan fingerprint density at radius 3 is 2.41 bits per heavy atom. The number of nitrogens with one attached hydrogen (secondary N) is 1. The molecule has 0 aliphatic heterocycles. The lowest BCUT2D eigenvalue weighted by Crippen LogP contribution is -2.42. The Morgan fingerprint density at radius 2 is 1.94 bits per heavy atom. The van der Waals surface area contributed by atoms with Gasteiger partial charge in [0.05, 0.1) is 0 Å². The molecule has 1 fully saturated rings. The lowest BCUT2D eigenvalue weighted by Gasteiger charge is -2.28. The Hall–Kier alpha value is -0.0800. The fraction of sp³-hybridized carbons (Fsp3) is 1.00. The van der Waals surface area contributed by atoms with E-state index in [1.165, 1.54) is 25.8 Å². The van der Waals surface area contributed by atoms with Crippen molar-refractivity contribution in [2.45, 2.75) is 53.0 Å². The zero-order valence-electron chi connectivity index (χ0n) is 12.5. The van der Waals surface area contributed by atoms with E-state index in [4.69, 9.17) is 0 Å². The second kappa shape index (κ2) is 7.38. The largest absolute Gasteiger partial charge is 0.315 e. The molecule has 102 valence electrons. The van der Waals surface area contributed by atoms with Crippen molar-refractivity contribution < 1.29 is 0 Å². The molecule has 17 heavy (non-hydrogen) atoms. The van der Waals surface area contributed by atoms with Crippen molar-refractivity contribution in [3.63, 3.8) is 0 Å². The topological polar surface area (TPSA) is 15.3 Å². The van der Waals surface area contributed by atoms with Crippen LogP contribution in [-0.2, 0) is 0 Å². The predicted molar refractivity (Wildman–Crippen MR) is 76.3 cm³/mol. The van der Waals surface area contributed by atoms with Crippen LogP contribution >= 0.6 is 0 Å². The lowest BCUT2D eigenvalue weighted by atomic mass is 10.1. The maximum Gasteiger partial charge on any atom is 0.0217 e. The molecule has 0 saturated heterocycles. The Bertz CT molecular complexity index is 203. The van der Waals surface area contributed by atoms with E-state index in [9.17, 15) is 0 Å². The first-order valence-electron chi connectivity index (χ1n) is 7.45. The molecule has 0 amide bonds. The van der Waals surface area contributed by atoms with Crippen LogP contribution in [-0.4, -0.2) is 37.6 Å². The molecule has 0 spiro atoms. The highest BCUT2D eigenvalue weighted by atomic mass is 15.2. The molecule has 0 aromatic heterocycles. The molecule has 0 aromatic rings. The van der Waals surface area contributed by atoms with Crippen LogP contribution in [0.2, 0.25) is 0 Å². The first-order chi connectivity index (χ1) is 8.04. The van der Waals surface area contributed by atoms with Gasteiger partial charge in [-0.2, -0.15) is 0 Å². The van der Waals surface area contributed by atoms with Crippen LogP contribution < -0.4 is 5.32 Å². The third kappa shape index (κ3) is 5.87. The number of hydrogen-bond donors (Lipinski definition) is 1. The lowest BCUT2D eigenvalue weighted by molar-refractivity contribution is 0.210. The third-order valence-electron chi connectivity index (χ3n) is 3.98. The summed E-state index contributed by atoms with van der Waals surface area (Å²) in [5, 5.41) is 3.61.